The molecule has 0 spiro atoms. The minimum Gasteiger partial charge on any atom is -0.394 e. The second-order valence-corrected chi connectivity index (χ2v) is 4.98. The van der Waals surface area contributed by atoms with Crippen LogP contribution >= 0.6 is 0 Å². The van der Waals surface area contributed by atoms with E-state index in [1.165, 1.54) is 0 Å². The van der Waals surface area contributed by atoms with Gasteiger partial charge >= 0.3 is 0 Å². The molecule has 2 unspecified atom stereocenters. The van der Waals surface area contributed by atoms with Gasteiger partial charge in [0.05, 0.1) is 25.4 Å². The molecule has 0 bridgehead atoms. The SMILES string of the molecule is CC(C)COCCN1CC(C)OC(CO)C1. The standard InChI is InChI=1S/C12H25NO3/c1-10(2)9-15-5-4-13-6-11(3)16-12(7-13)8-14/h10-12,14H,4-9H2,1-3H3. The Morgan fingerprint density at radius 2 is 2.19 bits per heavy atom. The predicted molar refractivity (Wildman–Crippen MR) is 63.5 cm³/mol. The van der Waals surface area contributed by atoms with Crippen LogP contribution in [-0.2, 0) is 9.47 Å². The summed E-state index contributed by atoms with van der Waals surface area (Å²) in [7, 11) is 0. The van der Waals surface area contributed by atoms with Crippen molar-refractivity contribution in [3.05, 3.63) is 0 Å². The van der Waals surface area contributed by atoms with Gasteiger partial charge in [-0.15, -0.1) is 0 Å². The van der Waals surface area contributed by atoms with Crippen molar-refractivity contribution in [2.45, 2.75) is 33.0 Å². The number of aliphatic hydroxyl groups excluding tert-OH is 1. The zero-order chi connectivity index (χ0) is 12.0. The molecule has 2 atom stereocenters. The fourth-order valence-electron chi connectivity index (χ4n) is 1.94. The molecule has 0 aromatic carbocycles. The zero-order valence-electron chi connectivity index (χ0n) is 10.7. The summed E-state index contributed by atoms with van der Waals surface area (Å²) in [5.41, 5.74) is 0. The van der Waals surface area contributed by atoms with Crippen LogP contribution < -0.4 is 0 Å². The van der Waals surface area contributed by atoms with Gasteiger partial charge in [0.2, 0.25) is 0 Å². The molecule has 1 fully saturated rings. The average Bonchev–Trinajstić information content (AvgIpc) is 2.23. The second-order valence-electron chi connectivity index (χ2n) is 4.98. The molecule has 1 aliphatic rings. The second kappa shape index (κ2) is 7.22. The van der Waals surface area contributed by atoms with E-state index in [0.717, 1.165) is 32.8 Å². The maximum Gasteiger partial charge on any atom is 0.0936 e. The van der Waals surface area contributed by atoms with E-state index in [1.807, 2.05) is 6.92 Å². The summed E-state index contributed by atoms with van der Waals surface area (Å²) in [4.78, 5) is 2.30. The van der Waals surface area contributed by atoms with Gasteiger partial charge in [0.25, 0.3) is 0 Å². The van der Waals surface area contributed by atoms with Gasteiger partial charge in [-0.3, -0.25) is 4.90 Å². The number of aliphatic hydroxyl groups is 1. The van der Waals surface area contributed by atoms with E-state index in [9.17, 15) is 0 Å². The summed E-state index contributed by atoms with van der Waals surface area (Å²) < 4.78 is 11.1. The van der Waals surface area contributed by atoms with Gasteiger partial charge in [-0.05, 0) is 12.8 Å². The van der Waals surface area contributed by atoms with Crippen LogP contribution in [0.1, 0.15) is 20.8 Å². The lowest BCUT2D eigenvalue weighted by Gasteiger charge is -2.35. The number of ether oxygens (including phenoxy) is 2. The summed E-state index contributed by atoms with van der Waals surface area (Å²) in [5, 5.41) is 9.09. The molecule has 1 aliphatic heterocycles. The zero-order valence-corrected chi connectivity index (χ0v) is 10.7. The van der Waals surface area contributed by atoms with Crippen molar-refractivity contribution < 1.29 is 14.6 Å². The van der Waals surface area contributed by atoms with Crippen LogP contribution in [0.25, 0.3) is 0 Å². The minimum absolute atomic E-state index is 0.0335. The van der Waals surface area contributed by atoms with Crippen molar-refractivity contribution in [3.63, 3.8) is 0 Å². The van der Waals surface area contributed by atoms with Crippen molar-refractivity contribution in [3.8, 4) is 0 Å². The summed E-state index contributed by atoms with van der Waals surface area (Å²) in [6.45, 7) is 10.7. The van der Waals surface area contributed by atoms with E-state index < -0.39 is 0 Å². The average molecular weight is 231 g/mol. The molecule has 1 heterocycles. The van der Waals surface area contributed by atoms with E-state index >= 15 is 0 Å². The molecule has 0 radical (unpaired) electrons. The Labute approximate surface area is 98.5 Å². The first-order chi connectivity index (χ1) is 7.61. The third-order valence-corrected chi connectivity index (χ3v) is 2.61. The van der Waals surface area contributed by atoms with Crippen LogP contribution in [0, 0.1) is 5.92 Å². The third kappa shape index (κ3) is 5.25. The summed E-state index contributed by atoms with van der Waals surface area (Å²) in [6, 6.07) is 0. The van der Waals surface area contributed by atoms with Crippen LogP contribution in [0.2, 0.25) is 0 Å². The highest BCUT2D eigenvalue weighted by Gasteiger charge is 2.24. The van der Waals surface area contributed by atoms with Gasteiger partial charge in [0, 0.05) is 26.2 Å². The Kier molecular flexibility index (Phi) is 6.28. The number of hydrogen-bond acceptors (Lipinski definition) is 4. The molecule has 96 valence electrons. The molecule has 16 heavy (non-hydrogen) atoms. The molecule has 0 aliphatic carbocycles. The third-order valence-electron chi connectivity index (χ3n) is 2.61. The normalized spacial score (nSPS) is 27.6. The smallest absolute Gasteiger partial charge is 0.0936 e. The van der Waals surface area contributed by atoms with Crippen LogP contribution in [0.15, 0.2) is 0 Å². The Balaban J connectivity index is 2.15. The first-order valence-corrected chi connectivity index (χ1v) is 6.18. The van der Waals surface area contributed by atoms with Gasteiger partial charge in [-0.25, -0.2) is 0 Å². The van der Waals surface area contributed by atoms with Gasteiger partial charge in [-0.1, -0.05) is 13.8 Å². The summed E-state index contributed by atoms with van der Waals surface area (Å²) >= 11 is 0. The quantitative estimate of drug-likeness (QED) is 0.685. The van der Waals surface area contributed by atoms with Crippen LogP contribution in [-0.4, -0.2) is 61.7 Å². The van der Waals surface area contributed by atoms with Crippen molar-refractivity contribution >= 4 is 0 Å². The number of nitrogens with zero attached hydrogens (tertiary/aromatic N) is 1. The highest BCUT2D eigenvalue weighted by atomic mass is 16.5. The fourth-order valence-corrected chi connectivity index (χ4v) is 1.94. The Hall–Kier alpha value is -0.160. The highest BCUT2D eigenvalue weighted by molar-refractivity contribution is 4.74. The highest BCUT2D eigenvalue weighted by Crippen LogP contribution is 2.10. The molecule has 1 rings (SSSR count). The first-order valence-electron chi connectivity index (χ1n) is 6.18. The lowest BCUT2D eigenvalue weighted by Crippen LogP contribution is -2.48. The topological polar surface area (TPSA) is 41.9 Å². The molecule has 4 nitrogen and oxygen atoms in total. The lowest BCUT2D eigenvalue weighted by atomic mass is 10.2. The van der Waals surface area contributed by atoms with Crippen LogP contribution in [0.3, 0.4) is 0 Å². The molecular weight excluding hydrogens is 206 g/mol. The van der Waals surface area contributed by atoms with Crippen molar-refractivity contribution in [1.82, 2.24) is 4.90 Å². The maximum absolute atomic E-state index is 9.09. The molecule has 0 amide bonds. The molecule has 1 N–H and O–H groups in total. The number of hydrogen-bond donors (Lipinski definition) is 1. The van der Waals surface area contributed by atoms with E-state index in [0.29, 0.717) is 5.92 Å². The summed E-state index contributed by atoms with van der Waals surface area (Å²) in [5.74, 6) is 0.591. The molecule has 0 aromatic heterocycles. The first kappa shape index (κ1) is 13.9. The Bertz CT molecular complexity index is 187. The maximum atomic E-state index is 9.09. The summed E-state index contributed by atoms with van der Waals surface area (Å²) in [6.07, 6.45) is 0.171. The fraction of sp³-hybridized carbons (Fsp3) is 1.00. The largest absolute Gasteiger partial charge is 0.394 e. The number of rotatable bonds is 6. The van der Waals surface area contributed by atoms with E-state index in [4.69, 9.17) is 14.6 Å². The predicted octanol–water partition coefficient (Wildman–Crippen LogP) is 0.741. The van der Waals surface area contributed by atoms with Crippen LogP contribution in [0.4, 0.5) is 0 Å². The molecule has 0 saturated carbocycles. The number of morpholine rings is 1. The molecule has 4 heteroatoms. The molecule has 0 aromatic rings. The van der Waals surface area contributed by atoms with Gasteiger partial charge < -0.3 is 14.6 Å². The van der Waals surface area contributed by atoms with Gasteiger partial charge in [-0.2, -0.15) is 0 Å². The van der Waals surface area contributed by atoms with E-state index in [-0.39, 0.29) is 18.8 Å². The van der Waals surface area contributed by atoms with Crippen molar-refractivity contribution in [2.75, 3.05) is 39.5 Å². The van der Waals surface area contributed by atoms with E-state index in [1.54, 1.807) is 0 Å². The monoisotopic (exact) mass is 231 g/mol. The lowest BCUT2D eigenvalue weighted by molar-refractivity contribution is -0.0989. The van der Waals surface area contributed by atoms with E-state index in [2.05, 4.69) is 18.7 Å². The Morgan fingerprint density at radius 1 is 1.44 bits per heavy atom. The molecular formula is C12H25NO3. The molecule has 1 saturated heterocycles. The Morgan fingerprint density at radius 3 is 2.81 bits per heavy atom. The minimum atomic E-state index is -0.0335. The van der Waals surface area contributed by atoms with Crippen LogP contribution in [0.5, 0.6) is 0 Å². The van der Waals surface area contributed by atoms with Gasteiger partial charge in [0.1, 0.15) is 0 Å². The van der Waals surface area contributed by atoms with Gasteiger partial charge in [0.15, 0.2) is 0 Å². The van der Waals surface area contributed by atoms with Crippen molar-refractivity contribution in [2.24, 2.45) is 5.92 Å². The van der Waals surface area contributed by atoms with Crippen molar-refractivity contribution in [1.29, 1.82) is 0 Å².